The Hall–Kier alpha value is 0.960. The molecule has 0 aliphatic heterocycles. The average molecular weight is 378 g/mol. The molecule has 2 unspecified atom stereocenters. The van der Waals surface area contributed by atoms with Crippen LogP contribution in [0.2, 0.25) is 0 Å². The van der Waals surface area contributed by atoms with Crippen molar-refractivity contribution < 1.29 is 0 Å². The lowest BCUT2D eigenvalue weighted by molar-refractivity contribution is 0.187. The summed E-state index contributed by atoms with van der Waals surface area (Å²) in [7, 11) is 0. The molecule has 0 heterocycles. The maximum absolute atomic E-state index is 3.99. The third-order valence-electron chi connectivity index (χ3n) is 5.92. The van der Waals surface area contributed by atoms with Crippen LogP contribution in [0, 0.1) is 23.7 Å². The fraction of sp³-hybridized carbons (Fsp3) is 1.00. The first-order valence-electron chi connectivity index (χ1n) is 8.00. The standard InChI is InChI=1S/C16H26Br2/c17-15-9-11-1-5-13(15)8-4-12-2-6-14(7-3-11)16(18)10-12/h11-16H,1-10H2. The van der Waals surface area contributed by atoms with E-state index >= 15 is 0 Å². The Morgan fingerprint density at radius 2 is 0.833 bits per heavy atom. The molecule has 2 heteroatoms. The van der Waals surface area contributed by atoms with Crippen LogP contribution >= 0.6 is 31.9 Å². The van der Waals surface area contributed by atoms with Gasteiger partial charge in [-0.25, -0.2) is 0 Å². The predicted molar refractivity (Wildman–Crippen MR) is 85.6 cm³/mol. The number of halogens is 2. The number of hydrogen-bond acceptors (Lipinski definition) is 0. The van der Waals surface area contributed by atoms with Crippen LogP contribution in [0.3, 0.4) is 0 Å². The zero-order valence-electron chi connectivity index (χ0n) is 11.3. The van der Waals surface area contributed by atoms with Crippen LogP contribution in [-0.4, -0.2) is 9.65 Å². The van der Waals surface area contributed by atoms with Crippen LogP contribution in [0.15, 0.2) is 0 Å². The highest BCUT2D eigenvalue weighted by atomic mass is 79.9. The first-order valence-corrected chi connectivity index (χ1v) is 9.83. The van der Waals surface area contributed by atoms with E-state index in [-0.39, 0.29) is 0 Å². The highest BCUT2D eigenvalue weighted by Gasteiger charge is 2.34. The van der Waals surface area contributed by atoms with Crippen molar-refractivity contribution in [2.24, 2.45) is 23.7 Å². The molecule has 0 N–H and O–H groups in total. The number of alkyl halides is 2. The Bertz CT molecular complexity index is 250. The van der Waals surface area contributed by atoms with E-state index in [0.29, 0.717) is 0 Å². The lowest BCUT2D eigenvalue weighted by Crippen LogP contribution is -2.31. The van der Waals surface area contributed by atoms with Crippen LogP contribution in [-0.2, 0) is 0 Å². The second-order valence-electron chi connectivity index (χ2n) is 7.07. The second-order valence-corrected chi connectivity index (χ2v) is 9.42. The normalized spacial score (nSPS) is 49.7. The maximum Gasteiger partial charge on any atom is 0.0176 e. The van der Waals surface area contributed by atoms with E-state index in [2.05, 4.69) is 31.9 Å². The Morgan fingerprint density at radius 3 is 1.11 bits per heavy atom. The lowest BCUT2D eigenvalue weighted by atomic mass is 9.71. The summed E-state index contributed by atoms with van der Waals surface area (Å²) in [6.45, 7) is 0. The summed E-state index contributed by atoms with van der Waals surface area (Å²) in [5.41, 5.74) is 0. The molecular formula is C16H26Br2. The molecule has 0 aromatic rings. The zero-order valence-corrected chi connectivity index (χ0v) is 14.5. The third kappa shape index (κ3) is 3.16. The van der Waals surface area contributed by atoms with E-state index in [4.69, 9.17) is 0 Å². The molecule has 2 atom stereocenters. The van der Waals surface area contributed by atoms with Crippen molar-refractivity contribution in [2.45, 2.75) is 73.9 Å². The topological polar surface area (TPSA) is 0 Å². The third-order valence-corrected chi connectivity index (χ3v) is 8.17. The summed E-state index contributed by atoms with van der Waals surface area (Å²) in [6, 6.07) is 0. The van der Waals surface area contributed by atoms with Gasteiger partial charge in [0.05, 0.1) is 0 Å². The molecule has 6 aliphatic rings. The summed E-state index contributed by atoms with van der Waals surface area (Å²) in [4.78, 5) is 1.66. The summed E-state index contributed by atoms with van der Waals surface area (Å²) in [6.07, 6.45) is 14.9. The largest absolute Gasteiger partial charge is 0.0888 e. The van der Waals surface area contributed by atoms with Gasteiger partial charge >= 0.3 is 0 Å². The second kappa shape index (κ2) is 6.16. The Morgan fingerprint density at radius 1 is 0.500 bits per heavy atom. The Balaban J connectivity index is 1.70. The highest BCUT2D eigenvalue weighted by Crippen LogP contribution is 2.45. The van der Waals surface area contributed by atoms with Crippen molar-refractivity contribution in [1.29, 1.82) is 0 Å². The SMILES string of the molecule is BrC1CC2CCC1CCC1CCC(CC2)C(Br)C1. The van der Waals surface area contributed by atoms with Crippen LogP contribution in [0.5, 0.6) is 0 Å². The maximum atomic E-state index is 3.99. The summed E-state index contributed by atoms with van der Waals surface area (Å²) in [5, 5.41) is 0. The minimum absolute atomic E-state index is 0.828. The molecular weight excluding hydrogens is 352 g/mol. The van der Waals surface area contributed by atoms with E-state index < -0.39 is 0 Å². The van der Waals surface area contributed by atoms with Crippen molar-refractivity contribution in [3.05, 3.63) is 0 Å². The van der Waals surface area contributed by atoms with Crippen LogP contribution in [0.1, 0.15) is 64.2 Å². The Labute approximate surface area is 129 Å². The van der Waals surface area contributed by atoms with Gasteiger partial charge in [-0.15, -0.1) is 0 Å². The van der Waals surface area contributed by atoms with E-state index in [1.54, 1.807) is 0 Å². The summed E-state index contributed by atoms with van der Waals surface area (Å²) >= 11 is 7.98. The van der Waals surface area contributed by atoms with E-state index in [1.165, 1.54) is 64.2 Å². The molecule has 4 bridgehead atoms. The lowest BCUT2D eigenvalue weighted by Gasteiger charge is -2.39. The van der Waals surface area contributed by atoms with Gasteiger partial charge in [-0.2, -0.15) is 0 Å². The monoisotopic (exact) mass is 376 g/mol. The van der Waals surface area contributed by atoms with Crippen molar-refractivity contribution in [1.82, 2.24) is 0 Å². The molecule has 0 aromatic carbocycles. The van der Waals surface area contributed by atoms with Gasteiger partial charge < -0.3 is 0 Å². The number of hydrogen-bond donors (Lipinski definition) is 0. The fourth-order valence-corrected chi connectivity index (χ4v) is 6.71. The van der Waals surface area contributed by atoms with Crippen LogP contribution < -0.4 is 0 Å². The molecule has 0 saturated heterocycles. The van der Waals surface area contributed by atoms with Gasteiger partial charge in [0.25, 0.3) is 0 Å². The molecule has 0 spiro atoms. The quantitative estimate of drug-likeness (QED) is 0.459. The Kier molecular flexibility index (Phi) is 4.76. The molecule has 0 aromatic heterocycles. The minimum atomic E-state index is 0.828. The highest BCUT2D eigenvalue weighted by molar-refractivity contribution is 9.09. The molecule has 0 amide bonds. The van der Waals surface area contributed by atoms with Gasteiger partial charge in [-0.1, -0.05) is 57.5 Å². The molecule has 6 fully saturated rings. The van der Waals surface area contributed by atoms with Gasteiger partial charge in [0.15, 0.2) is 0 Å². The van der Waals surface area contributed by atoms with E-state index in [1.807, 2.05) is 0 Å². The molecule has 6 rings (SSSR count). The predicted octanol–water partition coefficient (Wildman–Crippen LogP) is 5.92. The van der Waals surface area contributed by atoms with Crippen molar-refractivity contribution in [2.75, 3.05) is 0 Å². The van der Waals surface area contributed by atoms with E-state index in [0.717, 1.165) is 33.3 Å². The van der Waals surface area contributed by atoms with Crippen LogP contribution in [0.4, 0.5) is 0 Å². The van der Waals surface area contributed by atoms with Crippen molar-refractivity contribution >= 4 is 31.9 Å². The smallest absolute Gasteiger partial charge is 0.0176 e. The molecule has 104 valence electrons. The molecule has 18 heavy (non-hydrogen) atoms. The minimum Gasteiger partial charge on any atom is -0.0888 e. The van der Waals surface area contributed by atoms with Gasteiger partial charge in [-0.05, 0) is 62.2 Å². The summed E-state index contributed by atoms with van der Waals surface area (Å²) < 4.78 is 0. The molecule has 0 radical (unpaired) electrons. The average Bonchev–Trinajstić information content (AvgIpc) is 2.34. The molecule has 0 nitrogen and oxygen atoms in total. The fourth-order valence-electron chi connectivity index (χ4n) is 4.59. The first kappa shape index (κ1) is 13.9. The zero-order chi connectivity index (χ0) is 12.5. The van der Waals surface area contributed by atoms with Crippen LogP contribution in [0.25, 0.3) is 0 Å². The van der Waals surface area contributed by atoms with Gasteiger partial charge in [0.1, 0.15) is 0 Å². The molecule has 6 saturated carbocycles. The van der Waals surface area contributed by atoms with Crippen molar-refractivity contribution in [3.8, 4) is 0 Å². The van der Waals surface area contributed by atoms with E-state index in [9.17, 15) is 0 Å². The van der Waals surface area contributed by atoms with Crippen molar-refractivity contribution in [3.63, 3.8) is 0 Å². The van der Waals surface area contributed by atoms with Gasteiger partial charge in [-0.3, -0.25) is 0 Å². The summed E-state index contributed by atoms with van der Waals surface area (Å²) in [5.74, 6) is 3.99. The molecule has 6 aliphatic carbocycles. The number of rotatable bonds is 0. The van der Waals surface area contributed by atoms with Gasteiger partial charge in [0, 0.05) is 9.65 Å². The first-order chi connectivity index (χ1) is 8.72. The van der Waals surface area contributed by atoms with Gasteiger partial charge in [0.2, 0.25) is 0 Å².